The van der Waals surface area contributed by atoms with Crippen LogP contribution in [0.5, 0.6) is 5.75 Å². The molecular formula is C13H22ClN3O5S. The van der Waals surface area contributed by atoms with Crippen molar-refractivity contribution in [3.8, 4) is 5.75 Å². The largest absolute Gasteiger partial charge is 0.494 e. The maximum atomic E-state index is 11.8. The summed E-state index contributed by atoms with van der Waals surface area (Å²) in [6.45, 7) is 1.62. The third kappa shape index (κ3) is 6.61. The van der Waals surface area contributed by atoms with E-state index in [9.17, 15) is 13.2 Å². The molecule has 0 saturated carbocycles. The Hall–Kier alpha value is -1.55. The monoisotopic (exact) mass is 367 g/mol. The van der Waals surface area contributed by atoms with Crippen molar-refractivity contribution >= 4 is 39.7 Å². The van der Waals surface area contributed by atoms with E-state index in [-0.39, 0.29) is 30.5 Å². The minimum absolute atomic E-state index is 0. The lowest BCUT2D eigenvalue weighted by molar-refractivity contribution is -0.118. The number of rotatable bonds is 8. The summed E-state index contributed by atoms with van der Waals surface area (Å²) in [5.41, 5.74) is 6.35. The Morgan fingerprint density at radius 1 is 1.35 bits per heavy atom. The molecule has 0 bridgehead atoms. The van der Waals surface area contributed by atoms with Crippen molar-refractivity contribution in [2.24, 2.45) is 5.73 Å². The molecular weight excluding hydrogens is 346 g/mol. The standard InChI is InChI=1S/C13H21N3O5S.ClH/c1-4-22(18,19)16-11-6-5-9(7-12(11)21-3)15-13(17)10(14)8-20-2;/h5-7,10,16H,4,8,14H2,1-3H3,(H,15,17);1H. The molecule has 10 heteroatoms. The third-order valence-corrected chi connectivity index (χ3v) is 4.09. The molecule has 0 fully saturated rings. The van der Waals surface area contributed by atoms with Crippen LogP contribution in [-0.4, -0.2) is 46.9 Å². The molecule has 0 saturated heterocycles. The minimum atomic E-state index is -3.42. The zero-order valence-corrected chi connectivity index (χ0v) is 14.8. The van der Waals surface area contributed by atoms with Crippen LogP contribution < -0.4 is 20.5 Å². The van der Waals surface area contributed by atoms with Gasteiger partial charge in [0, 0.05) is 18.9 Å². The fraction of sp³-hybridized carbons (Fsp3) is 0.462. The van der Waals surface area contributed by atoms with Crippen molar-refractivity contribution in [1.29, 1.82) is 0 Å². The average Bonchev–Trinajstić information content (AvgIpc) is 2.48. The number of amides is 1. The number of hydrogen-bond donors (Lipinski definition) is 3. The topological polar surface area (TPSA) is 120 Å². The van der Waals surface area contributed by atoms with Crippen molar-refractivity contribution in [2.75, 3.05) is 36.6 Å². The predicted molar refractivity (Wildman–Crippen MR) is 91.8 cm³/mol. The summed E-state index contributed by atoms with van der Waals surface area (Å²) in [5.74, 6) is -0.179. The second-order valence-electron chi connectivity index (χ2n) is 4.47. The number of nitrogens with two attached hydrogens (primary N) is 1. The molecule has 8 nitrogen and oxygen atoms in total. The maximum absolute atomic E-state index is 11.8. The van der Waals surface area contributed by atoms with E-state index >= 15 is 0 Å². The van der Waals surface area contributed by atoms with Gasteiger partial charge in [0.05, 0.1) is 25.2 Å². The third-order valence-electron chi connectivity index (χ3n) is 2.80. The van der Waals surface area contributed by atoms with Crippen LogP contribution in [0.4, 0.5) is 11.4 Å². The van der Waals surface area contributed by atoms with Crippen LogP contribution in [0.3, 0.4) is 0 Å². The molecule has 1 unspecified atom stereocenters. The normalized spacial score (nSPS) is 12.0. The lowest BCUT2D eigenvalue weighted by Crippen LogP contribution is -2.39. The fourth-order valence-corrected chi connectivity index (χ4v) is 2.23. The molecule has 0 aliphatic heterocycles. The van der Waals surface area contributed by atoms with Crippen LogP contribution in [0.2, 0.25) is 0 Å². The van der Waals surface area contributed by atoms with Crippen molar-refractivity contribution in [2.45, 2.75) is 13.0 Å². The first-order valence-corrected chi connectivity index (χ1v) is 8.22. The number of anilines is 2. The Kier molecular flexibility index (Phi) is 8.91. The van der Waals surface area contributed by atoms with Crippen LogP contribution in [0.1, 0.15) is 6.92 Å². The first kappa shape index (κ1) is 21.4. The highest BCUT2D eigenvalue weighted by atomic mass is 35.5. The van der Waals surface area contributed by atoms with Crippen molar-refractivity contribution < 1.29 is 22.7 Å². The quantitative estimate of drug-likeness (QED) is 0.624. The number of sulfonamides is 1. The molecule has 0 aliphatic carbocycles. The summed E-state index contributed by atoms with van der Waals surface area (Å²) in [7, 11) is -0.562. The van der Waals surface area contributed by atoms with Gasteiger partial charge in [0.15, 0.2) is 0 Å². The van der Waals surface area contributed by atoms with Gasteiger partial charge in [-0.25, -0.2) is 8.42 Å². The van der Waals surface area contributed by atoms with Gasteiger partial charge in [0.1, 0.15) is 11.8 Å². The van der Waals surface area contributed by atoms with Crippen molar-refractivity contribution in [3.05, 3.63) is 18.2 Å². The number of hydrogen-bond acceptors (Lipinski definition) is 6. The molecule has 0 heterocycles. The molecule has 1 rings (SSSR count). The van der Waals surface area contributed by atoms with Gasteiger partial charge >= 0.3 is 0 Å². The molecule has 1 aromatic rings. The predicted octanol–water partition coefficient (Wildman–Crippen LogP) is 0.791. The highest BCUT2D eigenvalue weighted by Crippen LogP contribution is 2.28. The molecule has 0 aliphatic rings. The number of carbonyl (C=O) groups excluding carboxylic acids is 1. The SMILES string of the molecule is CCS(=O)(=O)Nc1ccc(NC(=O)C(N)COC)cc1OC.Cl. The zero-order valence-electron chi connectivity index (χ0n) is 13.2. The number of benzene rings is 1. The van der Waals surface area contributed by atoms with Crippen molar-refractivity contribution in [3.63, 3.8) is 0 Å². The van der Waals surface area contributed by atoms with Gasteiger partial charge < -0.3 is 20.5 Å². The van der Waals surface area contributed by atoms with Gasteiger partial charge in [-0.3, -0.25) is 9.52 Å². The smallest absolute Gasteiger partial charge is 0.243 e. The summed E-state index contributed by atoms with van der Waals surface area (Å²) in [6, 6.07) is 3.76. The van der Waals surface area contributed by atoms with E-state index in [1.807, 2.05) is 0 Å². The summed E-state index contributed by atoms with van der Waals surface area (Å²) in [4.78, 5) is 11.8. The molecule has 0 spiro atoms. The second kappa shape index (κ2) is 9.56. The molecule has 1 atom stereocenters. The minimum Gasteiger partial charge on any atom is -0.494 e. The van der Waals surface area contributed by atoms with E-state index in [2.05, 4.69) is 10.0 Å². The Bertz CT molecular complexity index is 624. The first-order chi connectivity index (χ1) is 10.3. The summed E-state index contributed by atoms with van der Waals surface area (Å²) < 4.78 is 35.5. The van der Waals surface area contributed by atoms with Gasteiger partial charge in [-0.1, -0.05) is 0 Å². The van der Waals surface area contributed by atoms with E-state index in [0.717, 1.165) is 0 Å². The lowest BCUT2D eigenvalue weighted by atomic mass is 10.2. The van der Waals surface area contributed by atoms with E-state index in [4.69, 9.17) is 15.2 Å². The summed E-state index contributed by atoms with van der Waals surface area (Å²) in [6.07, 6.45) is 0. The van der Waals surface area contributed by atoms with Crippen LogP contribution in [0, 0.1) is 0 Å². The Labute approximate surface area is 142 Å². The van der Waals surface area contributed by atoms with Gasteiger partial charge in [0.25, 0.3) is 0 Å². The molecule has 0 aromatic heterocycles. The van der Waals surface area contributed by atoms with Gasteiger partial charge in [-0.15, -0.1) is 12.4 Å². The van der Waals surface area contributed by atoms with Crippen molar-refractivity contribution in [1.82, 2.24) is 0 Å². The maximum Gasteiger partial charge on any atom is 0.243 e. The molecule has 4 N–H and O–H groups in total. The highest BCUT2D eigenvalue weighted by Gasteiger charge is 2.15. The van der Waals surface area contributed by atoms with Gasteiger partial charge in [-0.05, 0) is 19.1 Å². The number of halogens is 1. The number of nitrogens with one attached hydrogen (secondary N) is 2. The number of ether oxygens (including phenoxy) is 2. The summed E-state index contributed by atoms with van der Waals surface area (Å²) >= 11 is 0. The first-order valence-electron chi connectivity index (χ1n) is 6.56. The summed E-state index contributed by atoms with van der Waals surface area (Å²) in [5, 5.41) is 2.60. The molecule has 1 amide bonds. The Morgan fingerprint density at radius 3 is 2.52 bits per heavy atom. The lowest BCUT2D eigenvalue weighted by Gasteiger charge is -2.14. The van der Waals surface area contributed by atoms with Crippen LogP contribution in [-0.2, 0) is 19.6 Å². The Morgan fingerprint density at radius 2 is 2.00 bits per heavy atom. The van der Waals surface area contributed by atoms with Gasteiger partial charge in [-0.2, -0.15) is 0 Å². The average molecular weight is 368 g/mol. The fourth-order valence-electron chi connectivity index (χ4n) is 1.58. The highest BCUT2D eigenvalue weighted by molar-refractivity contribution is 7.92. The number of carbonyl (C=O) groups is 1. The van der Waals surface area contributed by atoms with Crippen LogP contribution in [0.15, 0.2) is 18.2 Å². The van der Waals surface area contributed by atoms with Crippen LogP contribution >= 0.6 is 12.4 Å². The molecule has 1 aromatic carbocycles. The second-order valence-corrected chi connectivity index (χ2v) is 6.48. The number of methoxy groups -OCH3 is 2. The van der Waals surface area contributed by atoms with E-state index in [0.29, 0.717) is 11.4 Å². The Balaban J connectivity index is 0.00000484. The molecule has 23 heavy (non-hydrogen) atoms. The van der Waals surface area contributed by atoms with Crippen LogP contribution in [0.25, 0.3) is 0 Å². The van der Waals surface area contributed by atoms with Gasteiger partial charge in [0.2, 0.25) is 15.9 Å². The van der Waals surface area contributed by atoms with E-state index in [1.54, 1.807) is 6.07 Å². The zero-order chi connectivity index (χ0) is 16.8. The molecule has 0 radical (unpaired) electrons. The molecule has 132 valence electrons. The van der Waals surface area contributed by atoms with E-state index < -0.39 is 22.0 Å². The van der Waals surface area contributed by atoms with E-state index in [1.165, 1.54) is 33.3 Å².